The van der Waals surface area contributed by atoms with Crippen LogP contribution in [0.2, 0.25) is 0 Å². The Hall–Kier alpha value is -2.15. The zero-order chi connectivity index (χ0) is 19.0. The summed E-state index contributed by atoms with van der Waals surface area (Å²) >= 11 is 0. The fourth-order valence-corrected chi connectivity index (χ4v) is 4.32. The summed E-state index contributed by atoms with van der Waals surface area (Å²) in [5.74, 6) is 1.55. The van der Waals surface area contributed by atoms with Crippen LogP contribution in [0, 0.1) is 12.8 Å². The van der Waals surface area contributed by atoms with E-state index in [9.17, 15) is 13.2 Å². The second-order valence-electron chi connectivity index (χ2n) is 7.44. The van der Waals surface area contributed by atoms with Crippen LogP contribution in [-0.2, 0) is 12.7 Å². The first-order chi connectivity index (χ1) is 12.9. The van der Waals surface area contributed by atoms with Crippen LogP contribution >= 0.6 is 0 Å². The quantitative estimate of drug-likeness (QED) is 0.781. The predicted molar refractivity (Wildman–Crippen MR) is 94.2 cm³/mol. The van der Waals surface area contributed by atoms with E-state index in [1.54, 1.807) is 6.07 Å². The molecule has 0 spiro atoms. The molecule has 4 rings (SSSR count). The number of fused-ring (bicyclic) bond motifs is 2. The van der Waals surface area contributed by atoms with Gasteiger partial charge in [-0.2, -0.15) is 13.2 Å². The number of likely N-dealkylation sites (tertiary alicyclic amines) is 1. The van der Waals surface area contributed by atoms with Crippen molar-refractivity contribution in [2.24, 2.45) is 5.92 Å². The second kappa shape index (κ2) is 7.11. The van der Waals surface area contributed by atoms with Gasteiger partial charge in [0.2, 0.25) is 0 Å². The van der Waals surface area contributed by atoms with Crippen molar-refractivity contribution >= 4 is 0 Å². The van der Waals surface area contributed by atoms with E-state index in [0.29, 0.717) is 18.6 Å². The van der Waals surface area contributed by atoms with E-state index in [-0.39, 0.29) is 11.8 Å². The number of aryl methyl sites for hydroxylation is 1. The van der Waals surface area contributed by atoms with E-state index >= 15 is 0 Å². The SMILES string of the molecule is Cc1ncc(CN2C3CCC(C3)[C@@H]2COc2cccc(C(F)(F)F)c2)cn1. The maximum absolute atomic E-state index is 12.9. The molecule has 2 unspecified atom stereocenters. The van der Waals surface area contributed by atoms with Crippen molar-refractivity contribution in [3.05, 3.63) is 53.6 Å². The van der Waals surface area contributed by atoms with Crippen LogP contribution in [0.25, 0.3) is 0 Å². The minimum atomic E-state index is -4.36. The highest BCUT2D eigenvalue weighted by molar-refractivity contribution is 5.30. The van der Waals surface area contributed by atoms with Crippen LogP contribution in [0.3, 0.4) is 0 Å². The monoisotopic (exact) mass is 377 g/mol. The van der Waals surface area contributed by atoms with Gasteiger partial charge in [-0.05, 0) is 50.3 Å². The number of ether oxygens (including phenoxy) is 1. The Morgan fingerprint density at radius 2 is 1.96 bits per heavy atom. The molecule has 1 aromatic heterocycles. The van der Waals surface area contributed by atoms with Crippen molar-refractivity contribution in [3.8, 4) is 5.75 Å². The van der Waals surface area contributed by atoms with Gasteiger partial charge in [0.15, 0.2) is 0 Å². The third kappa shape index (κ3) is 3.93. The van der Waals surface area contributed by atoms with Gasteiger partial charge in [0.1, 0.15) is 18.2 Å². The number of piperidine rings is 1. The first-order valence-corrected chi connectivity index (χ1v) is 9.23. The van der Waals surface area contributed by atoms with E-state index in [0.717, 1.165) is 49.3 Å². The van der Waals surface area contributed by atoms with Crippen molar-refractivity contribution in [2.75, 3.05) is 6.61 Å². The molecule has 27 heavy (non-hydrogen) atoms. The van der Waals surface area contributed by atoms with E-state index < -0.39 is 11.7 Å². The molecule has 3 atom stereocenters. The van der Waals surface area contributed by atoms with Crippen LogP contribution < -0.4 is 4.74 Å². The normalized spacial score (nSPS) is 25.1. The Morgan fingerprint density at radius 1 is 1.19 bits per heavy atom. The van der Waals surface area contributed by atoms with Gasteiger partial charge in [0.25, 0.3) is 0 Å². The highest BCUT2D eigenvalue weighted by atomic mass is 19.4. The van der Waals surface area contributed by atoms with E-state index in [4.69, 9.17) is 4.74 Å². The predicted octanol–water partition coefficient (Wildman–Crippen LogP) is 4.24. The molecule has 1 saturated heterocycles. The Kier molecular flexibility index (Phi) is 4.80. The lowest BCUT2D eigenvalue weighted by Gasteiger charge is -2.35. The topological polar surface area (TPSA) is 38.2 Å². The molecule has 0 radical (unpaired) electrons. The van der Waals surface area contributed by atoms with Crippen molar-refractivity contribution in [1.82, 2.24) is 14.9 Å². The summed E-state index contributed by atoms with van der Waals surface area (Å²) in [5.41, 5.74) is 0.374. The number of alkyl halides is 3. The zero-order valence-electron chi connectivity index (χ0n) is 15.1. The molecule has 4 nitrogen and oxygen atoms in total. The number of aromatic nitrogens is 2. The molecule has 2 aliphatic rings. The summed E-state index contributed by atoms with van der Waals surface area (Å²) in [5, 5.41) is 0. The van der Waals surface area contributed by atoms with Crippen molar-refractivity contribution < 1.29 is 17.9 Å². The smallest absolute Gasteiger partial charge is 0.416 e. The van der Waals surface area contributed by atoms with Crippen LogP contribution in [-0.4, -0.2) is 33.6 Å². The van der Waals surface area contributed by atoms with Gasteiger partial charge in [-0.1, -0.05) is 6.07 Å². The van der Waals surface area contributed by atoms with Gasteiger partial charge in [-0.3, -0.25) is 4.90 Å². The first kappa shape index (κ1) is 18.2. The molecule has 1 aromatic carbocycles. The molecule has 7 heteroatoms. The summed E-state index contributed by atoms with van der Waals surface area (Å²) in [6.45, 7) is 3.00. The number of benzene rings is 1. The largest absolute Gasteiger partial charge is 0.492 e. The average molecular weight is 377 g/mol. The first-order valence-electron chi connectivity index (χ1n) is 9.23. The number of rotatable bonds is 5. The third-order valence-electron chi connectivity index (χ3n) is 5.67. The van der Waals surface area contributed by atoms with Gasteiger partial charge < -0.3 is 4.74 Å². The summed E-state index contributed by atoms with van der Waals surface area (Å²) in [6.07, 6.45) is 2.78. The molecule has 2 bridgehead atoms. The molecular formula is C20H22F3N3O. The lowest BCUT2D eigenvalue weighted by Crippen LogP contribution is -2.43. The van der Waals surface area contributed by atoms with E-state index in [1.165, 1.54) is 6.07 Å². The number of hydrogen-bond donors (Lipinski definition) is 0. The molecule has 1 aliphatic heterocycles. The molecule has 0 amide bonds. The molecular weight excluding hydrogens is 355 g/mol. The van der Waals surface area contributed by atoms with E-state index in [2.05, 4.69) is 14.9 Å². The minimum absolute atomic E-state index is 0.208. The molecule has 1 saturated carbocycles. The van der Waals surface area contributed by atoms with Gasteiger partial charge in [-0.25, -0.2) is 9.97 Å². The fraction of sp³-hybridized carbons (Fsp3) is 0.500. The van der Waals surface area contributed by atoms with Gasteiger partial charge in [0.05, 0.1) is 5.56 Å². The molecule has 144 valence electrons. The second-order valence-corrected chi connectivity index (χ2v) is 7.44. The summed E-state index contributed by atoms with van der Waals surface area (Å²) in [6, 6.07) is 5.83. The summed E-state index contributed by atoms with van der Waals surface area (Å²) < 4.78 is 44.5. The Balaban J connectivity index is 1.45. The van der Waals surface area contributed by atoms with Gasteiger partial charge >= 0.3 is 6.18 Å². The fourth-order valence-electron chi connectivity index (χ4n) is 4.32. The van der Waals surface area contributed by atoms with Gasteiger partial charge in [0, 0.05) is 36.6 Å². The Labute approximate surface area is 156 Å². The number of nitrogens with zero attached hydrogens (tertiary/aromatic N) is 3. The lowest BCUT2D eigenvalue weighted by atomic mass is 9.99. The molecule has 0 N–H and O–H groups in total. The standard InChI is InChI=1S/C20H22F3N3O/c1-13-24-9-14(10-25-13)11-26-17-6-5-15(7-17)19(26)12-27-18-4-2-3-16(8-18)20(21,22)23/h2-4,8-10,15,17,19H,5-7,11-12H2,1H3/t15?,17?,19-/m0/s1. The Morgan fingerprint density at radius 3 is 2.70 bits per heavy atom. The van der Waals surface area contributed by atoms with Crippen LogP contribution in [0.15, 0.2) is 36.7 Å². The Bertz CT molecular complexity index is 794. The zero-order valence-corrected chi connectivity index (χ0v) is 15.1. The average Bonchev–Trinajstić information content (AvgIpc) is 3.23. The summed E-state index contributed by atoms with van der Waals surface area (Å²) in [4.78, 5) is 10.9. The molecule has 1 aliphatic carbocycles. The van der Waals surface area contributed by atoms with E-state index in [1.807, 2.05) is 19.3 Å². The maximum atomic E-state index is 12.9. The minimum Gasteiger partial charge on any atom is -0.492 e. The molecule has 2 fully saturated rings. The maximum Gasteiger partial charge on any atom is 0.416 e. The summed E-state index contributed by atoms with van der Waals surface area (Å²) in [7, 11) is 0. The number of halogens is 3. The highest BCUT2D eigenvalue weighted by Gasteiger charge is 2.46. The van der Waals surface area contributed by atoms with Crippen molar-refractivity contribution in [2.45, 2.75) is 51.0 Å². The van der Waals surface area contributed by atoms with Crippen LogP contribution in [0.1, 0.15) is 36.2 Å². The molecule has 2 heterocycles. The third-order valence-corrected chi connectivity index (χ3v) is 5.67. The van der Waals surface area contributed by atoms with Crippen molar-refractivity contribution in [3.63, 3.8) is 0 Å². The molecule has 2 aromatic rings. The number of hydrogen-bond acceptors (Lipinski definition) is 4. The van der Waals surface area contributed by atoms with Crippen LogP contribution in [0.4, 0.5) is 13.2 Å². The lowest BCUT2D eigenvalue weighted by molar-refractivity contribution is -0.137. The van der Waals surface area contributed by atoms with Crippen LogP contribution in [0.5, 0.6) is 5.75 Å². The van der Waals surface area contributed by atoms with Gasteiger partial charge in [-0.15, -0.1) is 0 Å². The highest BCUT2D eigenvalue weighted by Crippen LogP contribution is 2.43. The van der Waals surface area contributed by atoms with Crippen molar-refractivity contribution in [1.29, 1.82) is 0 Å².